The number of aromatic nitrogens is 1. The lowest BCUT2D eigenvalue weighted by molar-refractivity contribution is 0.0940. The van der Waals surface area contributed by atoms with Crippen LogP contribution in [0.2, 0.25) is 0 Å². The van der Waals surface area contributed by atoms with Crippen molar-refractivity contribution in [3.8, 4) is 5.75 Å². The Balaban J connectivity index is 1.92. The molecule has 32 heavy (non-hydrogen) atoms. The van der Waals surface area contributed by atoms with Crippen molar-refractivity contribution in [2.24, 2.45) is 0 Å². The molecule has 0 aliphatic rings. The number of nitrogens with one attached hydrogen (secondary N) is 2. The highest BCUT2D eigenvalue weighted by atomic mass is 32.2. The van der Waals surface area contributed by atoms with E-state index >= 15 is 0 Å². The van der Waals surface area contributed by atoms with E-state index in [0.29, 0.717) is 17.4 Å². The number of hydrogen-bond donors (Lipinski definition) is 3. The molecule has 1 heterocycles. The van der Waals surface area contributed by atoms with Gasteiger partial charge >= 0.3 is 0 Å². The Hall–Kier alpha value is -3.17. The van der Waals surface area contributed by atoms with Crippen molar-refractivity contribution < 1.29 is 18.3 Å². The summed E-state index contributed by atoms with van der Waals surface area (Å²) >= 11 is 0. The fourth-order valence-electron chi connectivity index (χ4n) is 3.47. The summed E-state index contributed by atoms with van der Waals surface area (Å²) in [6, 6.07) is 12.8. The molecule has 0 atom stereocenters. The number of hydrazine groups is 1. The van der Waals surface area contributed by atoms with Crippen LogP contribution in [0.4, 0.5) is 0 Å². The highest BCUT2D eigenvalue weighted by Crippen LogP contribution is 2.26. The van der Waals surface area contributed by atoms with Gasteiger partial charge in [0.2, 0.25) is 0 Å². The molecule has 9 heteroatoms. The van der Waals surface area contributed by atoms with Crippen LogP contribution in [0.3, 0.4) is 0 Å². The van der Waals surface area contributed by atoms with E-state index in [1.807, 2.05) is 11.8 Å². The summed E-state index contributed by atoms with van der Waals surface area (Å²) in [5.74, 6) is -1.52. The Morgan fingerprint density at radius 2 is 1.72 bits per heavy atom. The molecule has 2 aromatic carbocycles. The fourth-order valence-corrected chi connectivity index (χ4v) is 4.30. The number of sulfonamides is 1. The van der Waals surface area contributed by atoms with Crippen LogP contribution < -0.4 is 15.8 Å². The standard InChI is InChI=1S/C23H27N3O5S/c1-3-4-5-8-15-26-19-10-7-6-9-18(19)21(27)20(23(26)29)22(28)24-25-32(30,31)17-13-11-16(2)12-14-17/h6-7,9-14,25,27H,3-5,8,15H2,1-2H3,(H,24,28). The number of carbonyl (C=O) groups is 1. The molecule has 0 saturated heterocycles. The normalized spacial score (nSPS) is 11.6. The zero-order valence-electron chi connectivity index (χ0n) is 18.1. The van der Waals surface area contributed by atoms with Gasteiger partial charge in [-0.05, 0) is 37.6 Å². The van der Waals surface area contributed by atoms with E-state index in [4.69, 9.17) is 0 Å². The summed E-state index contributed by atoms with van der Waals surface area (Å²) in [5, 5.41) is 11.0. The molecule has 3 aromatic rings. The lowest BCUT2D eigenvalue weighted by atomic mass is 10.1. The van der Waals surface area contributed by atoms with Crippen LogP contribution in [0.25, 0.3) is 10.9 Å². The van der Waals surface area contributed by atoms with E-state index in [9.17, 15) is 23.1 Å². The average Bonchev–Trinajstić information content (AvgIpc) is 2.77. The van der Waals surface area contributed by atoms with E-state index < -0.39 is 32.8 Å². The number of benzene rings is 2. The van der Waals surface area contributed by atoms with Gasteiger partial charge in [-0.3, -0.25) is 15.0 Å². The third kappa shape index (κ3) is 5.00. The third-order valence-electron chi connectivity index (χ3n) is 5.24. The number of unbranched alkanes of at least 4 members (excludes halogenated alkanes) is 3. The first-order valence-electron chi connectivity index (χ1n) is 10.5. The van der Waals surface area contributed by atoms with Crippen LogP contribution in [0.1, 0.15) is 48.5 Å². The lowest BCUT2D eigenvalue weighted by Crippen LogP contribution is -2.44. The fraction of sp³-hybridized carbons (Fsp3) is 0.304. The van der Waals surface area contributed by atoms with Crippen molar-refractivity contribution in [3.63, 3.8) is 0 Å². The minimum Gasteiger partial charge on any atom is -0.506 e. The summed E-state index contributed by atoms with van der Waals surface area (Å²) < 4.78 is 26.4. The molecule has 3 rings (SSSR count). The van der Waals surface area contributed by atoms with Crippen molar-refractivity contribution in [1.29, 1.82) is 0 Å². The van der Waals surface area contributed by atoms with Gasteiger partial charge in [0.1, 0.15) is 11.3 Å². The molecule has 0 saturated carbocycles. The Morgan fingerprint density at radius 1 is 1.03 bits per heavy atom. The third-order valence-corrected chi connectivity index (χ3v) is 6.50. The number of carbonyl (C=O) groups excluding carboxylic acids is 1. The van der Waals surface area contributed by atoms with Gasteiger partial charge in [0, 0.05) is 11.9 Å². The van der Waals surface area contributed by atoms with E-state index in [1.54, 1.807) is 36.4 Å². The Labute approximate surface area is 186 Å². The number of para-hydroxylation sites is 1. The molecule has 0 aliphatic heterocycles. The number of aryl methyl sites for hydroxylation is 2. The van der Waals surface area contributed by atoms with Gasteiger partial charge in [-0.2, -0.15) is 0 Å². The number of nitrogens with zero attached hydrogens (tertiary/aromatic N) is 1. The van der Waals surface area contributed by atoms with Gasteiger partial charge < -0.3 is 9.67 Å². The smallest absolute Gasteiger partial charge is 0.275 e. The first-order chi connectivity index (χ1) is 15.3. The number of fused-ring (bicyclic) bond motifs is 1. The first-order valence-corrected chi connectivity index (χ1v) is 12.0. The minimum absolute atomic E-state index is 0.0422. The van der Waals surface area contributed by atoms with Gasteiger partial charge in [0.05, 0.1) is 10.4 Å². The van der Waals surface area contributed by atoms with Crippen molar-refractivity contribution in [1.82, 2.24) is 14.8 Å². The molecule has 0 bridgehead atoms. The first kappa shape index (κ1) is 23.5. The van der Waals surface area contributed by atoms with Crippen molar-refractivity contribution in [3.05, 3.63) is 70.0 Å². The van der Waals surface area contributed by atoms with Crippen molar-refractivity contribution in [2.45, 2.75) is 51.0 Å². The Kier molecular flexibility index (Phi) is 7.32. The summed E-state index contributed by atoms with van der Waals surface area (Å²) in [6.07, 6.45) is 3.73. The Morgan fingerprint density at radius 3 is 2.41 bits per heavy atom. The summed E-state index contributed by atoms with van der Waals surface area (Å²) in [6.45, 7) is 4.29. The van der Waals surface area contributed by atoms with Gasteiger partial charge in [-0.15, -0.1) is 4.83 Å². The summed E-state index contributed by atoms with van der Waals surface area (Å²) in [5.41, 5.74) is 2.27. The average molecular weight is 458 g/mol. The summed E-state index contributed by atoms with van der Waals surface area (Å²) in [7, 11) is -4.05. The highest BCUT2D eigenvalue weighted by Gasteiger charge is 2.24. The molecule has 170 valence electrons. The van der Waals surface area contributed by atoms with Gasteiger partial charge in [-0.25, -0.2) is 8.42 Å². The van der Waals surface area contributed by atoms with E-state index in [-0.39, 0.29) is 4.90 Å². The van der Waals surface area contributed by atoms with E-state index in [0.717, 1.165) is 31.2 Å². The van der Waals surface area contributed by atoms with Crippen molar-refractivity contribution >= 4 is 26.8 Å². The molecule has 1 amide bonds. The number of rotatable bonds is 9. The minimum atomic E-state index is -4.05. The molecule has 0 unspecified atom stereocenters. The summed E-state index contributed by atoms with van der Waals surface area (Å²) in [4.78, 5) is 27.8. The van der Waals surface area contributed by atoms with Crippen LogP contribution >= 0.6 is 0 Å². The van der Waals surface area contributed by atoms with E-state index in [1.165, 1.54) is 16.7 Å². The second-order valence-corrected chi connectivity index (χ2v) is 9.31. The maximum Gasteiger partial charge on any atom is 0.275 e. The van der Waals surface area contributed by atoms with Crippen LogP contribution in [-0.2, 0) is 16.6 Å². The predicted octanol–water partition coefficient (Wildman–Crippen LogP) is 3.22. The maximum absolute atomic E-state index is 13.1. The number of aromatic hydroxyl groups is 1. The monoisotopic (exact) mass is 457 g/mol. The Bertz CT molecular complexity index is 1280. The maximum atomic E-state index is 13.1. The van der Waals surface area contributed by atoms with Gasteiger partial charge in [0.15, 0.2) is 0 Å². The van der Waals surface area contributed by atoms with Crippen LogP contribution in [0.5, 0.6) is 5.75 Å². The zero-order valence-corrected chi connectivity index (χ0v) is 18.9. The lowest BCUT2D eigenvalue weighted by Gasteiger charge is -2.15. The number of amides is 1. The van der Waals surface area contributed by atoms with Gasteiger partial charge in [0.25, 0.3) is 21.5 Å². The number of pyridine rings is 1. The molecule has 1 aromatic heterocycles. The quantitative estimate of drug-likeness (QED) is 0.337. The van der Waals surface area contributed by atoms with Crippen LogP contribution in [0.15, 0.2) is 58.2 Å². The molecule has 3 N–H and O–H groups in total. The van der Waals surface area contributed by atoms with E-state index in [2.05, 4.69) is 12.3 Å². The molecule has 0 spiro atoms. The molecule has 0 fully saturated rings. The largest absolute Gasteiger partial charge is 0.506 e. The highest BCUT2D eigenvalue weighted by molar-refractivity contribution is 7.89. The van der Waals surface area contributed by atoms with Crippen molar-refractivity contribution in [2.75, 3.05) is 0 Å². The zero-order chi connectivity index (χ0) is 23.3. The van der Waals surface area contributed by atoms with Crippen LogP contribution in [0, 0.1) is 6.92 Å². The topological polar surface area (TPSA) is 118 Å². The second-order valence-electron chi connectivity index (χ2n) is 7.63. The molecule has 0 aliphatic carbocycles. The molecule has 0 radical (unpaired) electrons. The SMILES string of the molecule is CCCCCCn1c(=O)c(C(=O)NNS(=O)(=O)c2ccc(C)cc2)c(O)c2ccccc21. The molecular formula is C23H27N3O5S. The molecular weight excluding hydrogens is 430 g/mol. The van der Waals surface area contributed by atoms with Crippen LogP contribution in [-0.4, -0.2) is 24.0 Å². The predicted molar refractivity (Wildman–Crippen MR) is 123 cm³/mol. The van der Waals surface area contributed by atoms with Gasteiger partial charge in [-0.1, -0.05) is 56.0 Å². The molecule has 8 nitrogen and oxygen atoms in total. The number of hydrogen-bond acceptors (Lipinski definition) is 5. The second kappa shape index (κ2) is 9.97.